The molecule has 1 saturated carbocycles. The van der Waals surface area contributed by atoms with E-state index in [0.717, 1.165) is 24.7 Å². The second kappa shape index (κ2) is 5.49. The molecule has 0 aromatic rings. The van der Waals surface area contributed by atoms with E-state index >= 15 is 0 Å². The first-order valence-electron chi connectivity index (χ1n) is 7.31. The quantitative estimate of drug-likeness (QED) is 0.857. The SMILES string of the molecule is CC1CC(C)CC(C(N)CC2CCS(=O)(=O)C2)C1. The predicted octanol–water partition coefficient (Wildman–Crippen LogP) is 2.21. The van der Waals surface area contributed by atoms with Gasteiger partial charge in [0.05, 0.1) is 11.5 Å². The van der Waals surface area contributed by atoms with Crippen molar-refractivity contribution in [3.8, 4) is 0 Å². The van der Waals surface area contributed by atoms with Crippen molar-refractivity contribution >= 4 is 9.84 Å². The molecule has 0 aromatic carbocycles. The minimum absolute atomic E-state index is 0.202. The van der Waals surface area contributed by atoms with Crippen molar-refractivity contribution < 1.29 is 8.42 Å². The van der Waals surface area contributed by atoms with Crippen LogP contribution in [0.4, 0.5) is 0 Å². The molecular weight excluding hydrogens is 246 g/mol. The molecule has 106 valence electrons. The second-order valence-corrected chi connectivity index (χ2v) is 9.07. The van der Waals surface area contributed by atoms with Crippen LogP contribution in [0, 0.1) is 23.7 Å². The number of nitrogens with two attached hydrogens (primary N) is 1. The smallest absolute Gasteiger partial charge is 0.150 e. The van der Waals surface area contributed by atoms with E-state index in [9.17, 15) is 8.42 Å². The Morgan fingerprint density at radius 3 is 2.28 bits per heavy atom. The summed E-state index contributed by atoms with van der Waals surface area (Å²) in [6.07, 6.45) is 5.51. The van der Waals surface area contributed by atoms with E-state index in [0.29, 0.717) is 23.3 Å². The molecule has 0 amide bonds. The van der Waals surface area contributed by atoms with Gasteiger partial charge in [-0.2, -0.15) is 0 Å². The standard InChI is InChI=1S/C14H27NO2S/c1-10-5-11(2)7-13(6-10)14(15)8-12-3-4-18(16,17)9-12/h10-14H,3-9,15H2,1-2H3. The third kappa shape index (κ3) is 3.70. The maximum absolute atomic E-state index is 11.5. The van der Waals surface area contributed by atoms with Gasteiger partial charge in [-0.3, -0.25) is 0 Å². The van der Waals surface area contributed by atoms with Crippen molar-refractivity contribution in [2.75, 3.05) is 11.5 Å². The van der Waals surface area contributed by atoms with Gasteiger partial charge in [-0.1, -0.05) is 13.8 Å². The molecule has 1 aliphatic heterocycles. The highest BCUT2D eigenvalue weighted by atomic mass is 32.2. The topological polar surface area (TPSA) is 60.2 Å². The van der Waals surface area contributed by atoms with Crippen LogP contribution in [-0.2, 0) is 9.84 Å². The fourth-order valence-electron chi connectivity index (χ4n) is 3.99. The van der Waals surface area contributed by atoms with Gasteiger partial charge in [0.1, 0.15) is 0 Å². The normalized spacial score (nSPS) is 41.7. The van der Waals surface area contributed by atoms with Crippen molar-refractivity contribution in [3.05, 3.63) is 0 Å². The molecular formula is C14H27NO2S. The van der Waals surface area contributed by atoms with Crippen molar-refractivity contribution in [3.63, 3.8) is 0 Å². The van der Waals surface area contributed by atoms with E-state index in [1.807, 2.05) is 0 Å². The summed E-state index contributed by atoms with van der Waals surface area (Å²) in [4.78, 5) is 0. The highest BCUT2D eigenvalue weighted by Crippen LogP contribution is 2.36. The summed E-state index contributed by atoms with van der Waals surface area (Å²) in [6.45, 7) is 4.63. The van der Waals surface area contributed by atoms with Crippen LogP contribution in [0.3, 0.4) is 0 Å². The zero-order valence-electron chi connectivity index (χ0n) is 11.6. The Morgan fingerprint density at radius 2 is 1.78 bits per heavy atom. The lowest BCUT2D eigenvalue weighted by Crippen LogP contribution is -2.37. The minimum atomic E-state index is -2.75. The lowest BCUT2D eigenvalue weighted by atomic mass is 9.72. The Labute approximate surface area is 111 Å². The van der Waals surface area contributed by atoms with Crippen LogP contribution in [-0.4, -0.2) is 26.0 Å². The van der Waals surface area contributed by atoms with E-state index in [-0.39, 0.29) is 6.04 Å². The molecule has 2 N–H and O–H groups in total. The monoisotopic (exact) mass is 273 g/mol. The lowest BCUT2D eigenvalue weighted by molar-refractivity contribution is 0.181. The van der Waals surface area contributed by atoms with Crippen LogP contribution in [0.15, 0.2) is 0 Å². The van der Waals surface area contributed by atoms with E-state index in [2.05, 4.69) is 13.8 Å². The first-order valence-corrected chi connectivity index (χ1v) is 9.14. The van der Waals surface area contributed by atoms with Gasteiger partial charge in [0.2, 0.25) is 0 Å². The van der Waals surface area contributed by atoms with Crippen LogP contribution in [0.2, 0.25) is 0 Å². The van der Waals surface area contributed by atoms with Gasteiger partial charge >= 0.3 is 0 Å². The zero-order valence-corrected chi connectivity index (χ0v) is 12.5. The summed E-state index contributed by atoms with van der Waals surface area (Å²) in [7, 11) is -2.75. The number of hydrogen-bond donors (Lipinski definition) is 1. The maximum Gasteiger partial charge on any atom is 0.150 e. The molecule has 2 aliphatic rings. The number of rotatable bonds is 3. The second-order valence-electron chi connectivity index (χ2n) is 6.85. The molecule has 0 bridgehead atoms. The van der Waals surface area contributed by atoms with Crippen molar-refractivity contribution in [1.29, 1.82) is 0 Å². The molecule has 4 atom stereocenters. The highest BCUT2D eigenvalue weighted by molar-refractivity contribution is 7.91. The number of sulfone groups is 1. The Hall–Kier alpha value is -0.0900. The van der Waals surface area contributed by atoms with Crippen LogP contribution < -0.4 is 5.73 Å². The first-order chi connectivity index (χ1) is 8.35. The molecule has 4 unspecified atom stereocenters. The molecule has 2 rings (SSSR count). The van der Waals surface area contributed by atoms with Crippen molar-refractivity contribution in [1.82, 2.24) is 0 Å². The molecule has 1 aliphatic carbocycles. The Morgan fingerprint density at radius 1 is 1.17 bits per heavy atom. The van der Waals surface area contributed by atoms with Crippen LogP contribution in [0.5, 0.6) is 0 Å². The van der Waals surface area contributed by atoms with Crippen LogP contribution in [0.1, 0.15) is 46.0 Å². The molecule has 0 spiro atoms. The van der Waals surface area contributed by atoms with Gasteiger partial charge in [0, 0.05) is 6.04 Å². The average molecular weight is 273 g/mol. The molecule has 3 nitrogen and oxygen atoms in total. The Kier molecular flexibility index (Phi) is 4.37. The molecule has 1 heterocycles. The van der Waals surface area contributed by atoms with Gasteiger partial charge in [-0.15, -0.1) is 0 Å². The molecule has 0 aromatic heterocycles. The van der Waals surface area contributed by atoms with E-state index in [4.69, 9.17) is 5.73 Å². The molecule has 4 heteroatoms. The fourth-order valence-corrected chi connectivity index (χ4v) is 5.87. The first kappa shape index (κ1) is 14.3. The van der Waals surface area contributed by atoms with Gasteiger partial charge in [0.15, 0.2) is 9.84 Å². The van der Waals surface area contributed by atoms with Gasteiger partial charge in [-0.05, 0) is 55.8 Å². The van der Waals surface area contributed by atoms with E-state index in [1.165, 1.54) is 19.3 Å². The van der Waals surface area contributed by atoms with Gasteiger partial charge in [0.25, 0.3) is 0 Å². The number of hydrogen-bond acceptors (Lipinski definition) is 3. The summed E-state index contributed by atoms with van der Waals surface area (Å²) in [5.41, 5.74) is 6.35. The van der Waals surface area contributed by atoms with Gasteiger partial charge < -0.3 is 5.73 Å². The summed E-state index contributed by atoms with van der Waals surface area (Å²) in [5.74, 6) is 3.22. The van der Waals surface area contributed by atoms with Crippen LogP contribution in [0.25, 0.3) is 0 Å². The fraction of sp³-hybridized carbons (Fsp3) is 1.00. The summed E-state index contributed by atoms with van der Waals surface area (Å²) in [6, 6.07) is 0.202. The molecule has 18 heavy (non-hydrogen) atoms. The van der Waals surface area contributed by atoms with E-state index in [1.54, 1.807) is 0 Å². The maximum atomic E-state index is 11.5. The third-order valence-corrected chi connectivity index (χ3v) is 6.59. The van der Waals surface area contributed by atoms with Crippen LogP contribution >= 0.6 is 0 Å². The lowest BCUT2D eigenvalue weighted by Gasteiger charge is -2.35. The zero-order chi connectivity index (χ0) is 13.3. The Balaban J connectivity index is 1.86. The average Bonchev–Trinajstić information content (AvgIpc) is 2.56. The van der Waals surface area contributed by atoms with Crippen molar-refractivity contribution in [2.45, 2.75) is 52.0 Å². The third-order valence-electron chi connectivity index (χ3n) is 4.75. The largest absolute Gasteiger partial charge is 0.327 e. The van der Waals surface area contributed by atoms with Crippen molar-refractivity contribution in [2.24, 2.45) is 29.4 Å². The predicted molar refractivity (Wildman–Crippen MR) is 75.0 cm³/mol. The minimum Gasteiger partial charge on any atom is -0.327 e. The molecule has 2 fully saturated rings. The van der Waals surface area contributed by atoms with E-state index < -0.39 is 9.84 Å². The Bertz CT molecular complexity index is 369. The highest BCUT2D eigenvalue weighted by Gasteiger charge is 2.33. The van der Waals surface area contributed by atoms with Gasteiger partial charge in [-0.25, -0.2) is 8.42 Å². The summed E-state index contributed by atoms with van der Waals surface area (Å²) < 4.78 is 22.9. The molecule has 1 saturated heterocycles. The summed E-state index contributed by atoms with van der Waals surface area (Å²) in [5, 5.41) is 0. The summed E-state index contributed by atoms with van der Waals surface area (Å²) >= 11 is 0. The molecule has 0 radical (unpaired) electrons.